The van der Waals surface area contributed by atoms with Gasteiger partial charge in [-0.25, -0.2) is 0 Å². The van der Waals surface area contributed by atoms with Gasteiger partial charge in [-0.3, -0.25) is 4.79 Å². The maximum absolute atomic E-state index is 12.3. The molecule has 2 rings (SSSR count). The number of hydrogen-bond acceptors (Lipinski definition) is 3. The molecule has 1 amide bonds. The molecule has 4 heteroatoms. The van der Waals surface area contributed by atoms with Gasteiger partial charge in [-0.15, -0.1) is 0 Å². The first-order valence-electron chi connectivity index (χ1n) is 9.04. The van der Waals surface area contributed by atoms with Gasteiger partial charge >= 0.3 is 0 Å². The Kier molecular flexibility index (Phi) is 7.07. The van der Waals surface area contributed by atoms with E-state index in [-0.39, 0.29) is 11.9 Å². The van der Waals surface area contributed by atoms with Crippen LogP contribution in [0.2, 0.25) is 0 Å². The number of rotatable bonds is 8. The lowest BCUT2D eigenvalue weighted by Crippen LogP contribution is -2.26. The fraction of sp³-hybridized carbons (Fsp3) is 0.409. The monoisotopic (exact) mass is 355 g/mol. The van der Waals surface area contributed by atoms with Gasteiger partial charge in [0.05, 0.1) is 20.3 Å². The third-order valence-electron chi connectivity index (χ3n) is 4.57. The van der Waals surface area contributed by atoms with Crippen molar-refractivity contribution in [3.8, 4) is 11.5 Å². The topological polar surface area (TPSA) is 47.6 Å². The van der Waals surface area contributed by atoms with Gasteiger partial charge in [0.1, 0.15) is 0 Å². The molecule has 0 saturated heterocycles. The Bertz CT molecular complexity index is 723. The summed E-state index contributed by atoms with van der Waals surface area (Å²) < 4.78 is 10.5. The van der Waals surface area contributed by atoms with Gasteiger partial charge in [0.15, 0.2) is 11.5 Å². The normalized spacial score (nSPS) is 11.9. The Hall–Kier alpha value is -2.49. The predicted octanol–water partition coefficient (Wildman–Crippen LogP) is 4.64. The molecular formula is C22H29NO3. The predicted molar refractivity (Wildman–Crippen MR) is 105 cm³/mol. The summed E-state index contributed by atoms with van der Waals surface area (Å²) in [6, 6.07) is 14.2. The van der Waals surface area contributed by atoms with Crippen molar-refractivity contribution in [1.82, 2.24) is 5.32 Å². The molecule has 4 nitrogen and oxygen atoms in total. The molecule has 0 saturated carbocycles. The SMILES string of the molecule is COc1ccc(CCC(=O)NC(C)c2ccc(C(C)C)cc2)cc1OC. The van der Waals surface area contributed by atoms with E-state index in [0.29, 0.717) is 30.3 Å². The first-order valence-corrected chi connectivity index (χ1v) is 9.04. The fourth-order valence-corrected chi connectivity index (χ4v) is 2.86. The first kappa shape index (κ1) is 19.8. The molecule has 0 fully saturated rings. The summed E-state index contributed by atoms with van der Waals surface area (Å²) in [6.45, 7) is 6.36. The second-order valence-electron chi connectivity index (χ2n) is 6.80. The molecular weight excluding hydrogens is 326 g/mol. The number of methoxy groups -OCH3 is 2. The largest absolute Gasteiger partial charge is 0.493 e. The average Bonchev–Trinajstić information content (AvgIpc) is 2.66. The van der Waals surface area contributed by atoms with Crippen LogP contribution in [0.3, 0.4) is 0 Å². The van der Waals surface area contributed by atoms with Crippen LogP contribution in [-0.2, 0) is 11.2 Å². The molecule has 0 aliphatic rings. The molecule has 0 spiro atoms. The number of hydrogen-bond donors (Lipinski definition) is 1. The third-order valence-corrected chi connectivity index (χ3v) is 4.57. The molecule has 0 radical (unpaired) electrons. The molecule has 2 aromatic rings. The quantitative estimate of drug-likeness (QED) is 0.750. The first-order chi connectivity index (χ1) is 12.4. The maximum Gasteiger partial charge on any atom is 0.220 e. The highest BCUT2D eigenvalue weighted by atomic mass is 16.5. The van der Waals surface area contributed by atoms with Gasteiger partial charge in [-0.05, 0) is 48.1 Å². The number of carbonyl (C=O) groups excluding carboxylic acids is 1. The zero-order valence-corrected chi connectivity index (χ0v) is 16.3. The van der Waals surface area contributed by atoms with Crippen molar-refractivity contribution < 1.29 is 14.3 Å². The van der Waals surface area contributed by atoms with E-state index in [4.69, 9.17) is 9.47 Å². The number of aryl methyl sites for hydroxylation is 1. The van der Waals surface area contributed by atoms with Gasteiger partial charge in [0.2, 0.25) is 5.91 Å². The summed E-state index contributed by atoms with van der Waals surface area (Å²) >= 11 is 0. The zero-order valence-electron chi connectivity index (χ0n) is 16.3. The highest BCUT2D eigenvalue weighted by Crippen LogP contribution is 2.28. The molecule has 0 aromatic heterocycles. The van der Waals surface area contributed by atoms with Gasteiger partial charge in [0, 0.05) is 6.42 Å². The number of ether oxygens (including phenoxy) is 2. The highest BCUT2D eigenvalue weighted by molar-refractivity contribution is 5.76. The number of carbonyl (C=O) groups is 1. The Morgan fingerprint density at radius 1 is 0.923 bits per heavy atom. The lowest BCUT2D eigenvalue weighted by Gasteiger charge is -2.16. The van der Waals surface area contributed by atoms with E-state index in [1.807, 2.05) is 25.1 Å². The van der Waals surface area contributed by atoms with Crippen LogP contribution in [0.15, 0.2) is 42.5 Å². The standard InChI is InChI=1S/C22H29NO3/c1-15(2)18-8-10-19(11-9-18)16(3)23-22(24)13-7-17-6-12-20(25-4)21(14-17)26-5/h6,8-12,14-16H,7,13H2,1-5H3,(H,23,24). The minimum atomic E-state index is -0.00545. The summed E-state index contributed by atoms with van der Waals surface area (Å²) in [4.78, 5) is 12.3. The van der Waals surface area contributed by atoms with Gasteiger partial charge in [-0.2, -0.15) is 0 Å². The van der Waals surface area contributed by atoms with Crippen LogP contribution in [0.25, 0.3) is 0 Å². The van der Waals surface area contributed by atoms with Crippen LogP contribution >= 0.6 is 0 Å². The molecule has 0 aliphatic carbocycles. The van der Waals surface area contributed by atoms with E-state index in [1.165, 1.54) is 5.56 Å². The van der Waals surface area contributed by atoms with Crippen molar-refractivity contribution >= 4 is 5.91 Å². The van der Waals surface area contributed by atoms with Crippen molar-refractivity contribution in [3.05, 3.63) is 59.2 Å². The molecule has 0 heterocycles. The van der Waals surface area contributed by atoms with Crippen molar-refractivity contribution in [2.24, 2.45) is 0 Å². The van der Waals surface area contributed by atoms with E-state index >= 15 is 0 Å². The summed E-state index contributed by atoms with van der Waals surface area (Å²) in [6.07, 6.45) is 1.09. The van der Waals surface area contributed by atoms with Crippen molar-refractivity contribution in [3.63, 3.8) is 0 Å². The van der Waals surface area contributed by atoms with Crippen LogP contribution in [0.4, 0.5) is 0 Å². The van der Waals surface area contributed by atoms with Crippen LogP contribution in [0, 0.1) is 0 Å². The molecule has 1 atom stereocenters. The summed E-state index contributed by atoms with van der Waals surface area (Å²) in [5.74, 6) is 1.93. The highest BCUT2D eigenvalue weighted by Gasteiger charge is 2.11. The maximum atomic E-state index is 12.3. The average molecular weight is 355 g/mol. The zero-order chi connectivity index (χ0) is 19.1. The van der Waals surface area contributed by atoms with E-state index in [2.05, 4.69) is 43.4 Å². The van der Waals surface area contributed by atoms with Crippen LogP contribution < -0.4 is 14.8 Å². The summed E-state index contributed by atoms with van der Waals surface area (Å²) in [7, 11) is 3.22. The van der Waals surface area contributed by atoms with Crippen LogP contribution in [-0.4, -0.2) is 20.1 Å². The van der Waals surface area contributed by atoms with E-state index in [9.17, 15) is 4.79 Å². The van der Waals surface area contributed by atoms with Gasteiger partial charge < -0.3 is 14.8 Å². The molecule has 1 unspecified atom stereocenters. The molecule has 0 bridgehead atoms. The number of amides is 1. The second kappa shape index (κ2) is 9.27. The molecule has 140 valence electrons. The Morgan fingerprint density at radius 2 is 1.54 bits per heavy atom. The third kappa shape index (κ3) is 5.25. The van der Waals surface area contributed by atoms with E-state index in [0.717, 1.165) is 11.1 Å². The van der Waals surface area contributed by atoms with Crippen molar-refractivity contribution in [2.45, 2.75) is 45.6 Å². The molecule has 0 aliphatic heterocycles. The molecule has 2 aromatic carbocycles. The smallest absolute Gasteiger partial charge is 0.220 e. The van der Waals surface area contributed by atoms with Crippen LogP contribution in [0.5, 0.6) is 11.5 Å². The Labute approximate surface area is 156 Å². The Balaban J connectivity index is 1.90. The lowest BCUT2D eigenvalue weighted by atomic mass is 9.99. The van der Waals surface area contributed by atoms with Crippen molar-refractivity contribution in [1.29, 1.82) is 0 Å². The number of benzene rings is 2. The molecule has 26 heavy (non-hydrogen) atoms. The van der Waals surface area contributed by atoms with E-state index in [1.54, 1.807) is 14.2 Å². The van der Waals surface area contributed by atoms with Crippen molar-refractivity contribution in [2.75, 3.05) is 14.2 Å². The minimum Gasteiger partial charge on any atom is -0.493 e. The minimum absolute atomic E-state index is 0.00545. The van der Waals surface area contributed by atoms with Gasteiger partial charge in [0.25, 0.3) is 0 Å². The van der Waals surface area contributed by atoms with Gasteiger partial charge in [-0.1, -0.05) is 44.2 Å². The van der Waals surface area contributed by atoms with E-state index < -0.39 is 0 Å². The summed E-state index contributed by atoms with van der Waals surface area (Å²) in [5, 5.41) is 3.07. The fourth-order valence-electron chi connectivity index (χ4n) is 2.86. The second-order valence-corrected chi connectivity index (χ2v) is 6.80. The lowest BCUT2D eigenvalue weighted by molar-refractivity contribution is -0.121. The number of nitrogens with one attached hydrogen (secondary N) is 1. The molecule has 1 N–H and O–H groups in total. The Morgan fingerprint density at radius 3 is 2.12 bits per heavy atom. The summed E-state index contributed by atoms with van der Waals surface area (Å²) in [5.41, 5.74) is 3.47. The van der Waals surface area contributed by atoms with Crippen LogP contribution in [0.1, 0.15) is 55.8 Å².